The van der Waals surface area contributed by atoms with Crippen LogP contribution in [0.15, 0.2) is 24.3 Å². The average Bonchev–Trinajstić information content (AvgIpc) is 2.42. The Morgan fingerprint density at radius 1 is 0.696 bits per heavy atom. The highest BCUT2D eigenvalue weighted by molar-refractivity contribution is 6.28. The number of imide groups is 1. The van der Waals surface area contributed by atoms with Gasteiger partial charge < -0.3 is 9.80 Å². The first kappa shape index (κ1) is 12.9. The molecule has 2 saturated heterocycles. The van der Waals surface area contributed by atoms with Gasteiger partial charge in [0.25, 0.3) is 11.8 Å². The summed E-state index contributed by atoms with van der Waals surface area (Å²) in [4.78, 5) is 29.2. The first-order chi connectivity index (χ1) is 11.2. The van der Waals surface area contributed by atoms with Crippen molar-refractivity contribution in [1.29, 1.82) is 0 Å². The van der Waals surface area contributed by atoms with Gasteiger partial charge >= 0.3 is 0 Å². The summed E-state index contributed by atoms with van der Waals surface area (Å²) < 4.78 is 0. The molecule has 5 heteroatoms. The SMILES string of the molecule is O=C1NC(=O)c2ccc(N3CCC3)c3c(N4CCC4)ccc1c23. The van der Waals surface area contributed by atoms with Crippen molar-refractivity contribution >= 4 is 34.0 Å². The number of carbonyl (C=O) groups is 2. The summed E-state index contributed by atoms with van der Waals surface area (Å²) in [5.74, 6) is -0.577. The molecule has 2 amide bonds. The van der Waals surface area contributed by atoms with Crippen LogP contribution in [0.4, 0.5) is 11.4 Å². The van der Waals surface area contributed by atoms with E-state index in [4.69, 9.17) is 0 Å². The molecule has 0 saturated carbocycles. The fourth-order valence-electron chi connectivity index (χ4n) is 3.72. The van der Waals surface area contributed by atoms with E-state index in [2.05, 4.69) is 15.1 Å². The van der Waals surface area contributed by atoms with Crippen molar-refractivity contribution in [2.24, 2.45) is 0 Å². The number of hydrogen-bond acceptors (Lipinski definition) is 4. The van der Waals surface area contributed by atoms with Gasteiger partial charge in [-0.25, -0.2) is 0 Å². The zero-order chi connectivity index (χ0) is 15.6. The minimum absolute atomic E-state index is 0.289. The highest BCUT2D eigenvalue weighted by Crippen LogP contribution is 2.42. The summed E-state index contributed by atoms with van der Waals surface area (Å²) in [6.07, 6.45) is 2.39. The van der Waals surface area contributed by atoms with Crippen LogP contribution in [-0.2, 0) is 0 Å². The van der Waals surface area contributed by atoms with Gasteiger partial charge in [0.2, 0.25) is 0 Å². The third kappa shape index (κ3) is 1.67. The smallest absolute Gasteiger partial charge is 0.258 e. The fourth-order valence-corrected chi connectivity index (χ4v) is 3.72. The molecule has 0 atom stereocenters. The van der Waals surface area contributed by atoms with Gasteiger partial charge in [-0.05, 0) is 37.1 Å². The minimum atomic E-state index is -0.289. The molecule has 0 aliphatic carbocycles. The van der Waals surface area contributed by atoms with Crippen molar-refractivity contribution in [2.75, 3.05) is 36.0 Å². The Balaban J connectivity index is 1.87. The van der Waals surface area contributed by atoms with Crippen LogP contribution in [0.1, 0.15) is 33.6 Å². The third-order valence-corrected chi connectivity index (χ3v) is 5.23. The Bertz CT molecular complexity index is 799. The standard InChI is InChI=1S/C18H17N3O2/c22-17-11-3-5-13(20-7-1-8-20)16-14(21-9-2-10-21)6-4-12(15(11)16)18(23)19-17/h3-6H,1-2,7-10H2,(H,19,22,23). The van der Waals surface area contributed by atoms with Crippen LogP contribution in [0.3, 0.4) is 0 Å². The highest BCUT2D eigenvalue weighted by Gasteiger charge is 2.31. The number of anilines is 2. The Labute approximate surface area is 133 Å². The largest absolute Gasteiger partial charge is 0.371 e. The zero-order valence-electron chi connectivity index (χ0n) is 12.8. The molecule has 0 bridgehead atoms. The lowest BCUT2D eigenvalue weighted by Crippen LogP contribution is -2.40. The summed E-state index contributed by atoms with van der Waals surface area (Å²) in [6.45, 7) is 4.16. The molecule has 0 radical (unpaired) electrons. The maximum absolute atomic E-state index is 12.3. The lowest BCUT2D eigenvalue weighted by molar-refractivity contribution is 0.0845. The van der Waals surface area contributed by atoms with Crippen molar-refractivity contribution < 1.29 is 9.59 Å². The minimum Gasteiger partial charge on any atom is -0.371 e. The second-order valence-electron chi connectivity index (χ2n) is 6.48. The number of hydrogen-bond donors (Lipinski definition) is 1. The molecule has 5 rings (SSSR count). The van der Waals surface area contributed by atoms with E-state index < -0.39 is 0 Å². The molecule has 5 nitrogen and oxygen atoms in total. The topological polar surface area (TPSA) is 52.7 Å². The monoisotopic (exact) mass is 307 g/mol. The van der Waals surface area contributed by atoms with Crippen LogP contribution in [0, 0.1) is 0 Å². The second-order valence-corrected chi connectivity index (χ2v) is 6.48. The van der Waals surface area contributed by atoms with Crippen LogP contribution >= 0.6 is 0 Å². The maximum atomic E-state index is 12.3. The lowest BCUT2D eigenvalue weighted by Gasteiger charge is -2.39. The Hall–Kier alpha value is -2.56. The predicted molar refractivity (Wildman–Crippen MR) is 89.4 cm³/mol. The van der Waals surface area contributed by atoms with Gasteiger partial charge in [0.15, 0.2) is 0 Å². The second kappa shape index (κ2) is 4.47. The molecule has 23 heavy (non-hydrogen) atoms. The van der Waals surface area contributed by atoms with Crippen molar-refractivity contribution in [3.8, 4) is 0 Å². The molecule has 3 heterocycles. The van der Waals surface area contributed by atoms with Crippen molar-refractivity contribution in [1.82, 2.24) is 5.32 Å². The molecular formula is C18H17N3O2. The maximum Gasteiger partial charge on any atom is 0.258 e. The number of carbonyl (C=O) groups excluding carboxylic acids is 2. The van der Waals surface area contributed by atoms with E-state index in [0.717, 1.165) is 48.3 Å². The van der Waals surface area contributed by atoms with Crippen LogP contribution < -0.4 is 15.1 Å². The van der Waals surface area contributed by atoms with E-state index in [0.29, 0.717) is 11.1 Å². The molecule has 0 aromatic heterocycles. The van der Waals surface area contributed by atoms with E-state index in [-0.39, 0.29) is 11.8 Å². The van der Waals surface area contributed by atoms with Crippen molar-refractivity contribution in [3.63, 3.8) is 0 Å². The quantitative estimate of drug-likeness (QED) is 0.864. The zero-order valence-corrected chi connectivity index (χ0v) is 12.8. The normalized spacial score (nSPS) is 19.5. The molecule has 2 fully saturated rings. The molecule has 116 valence electrons. The summed E-state index contributed by atoms with van der Waals surface area (Å²) in [6, 6.07) is 7.81. The molecule has 1 N–H and O–H groups in total. The van der Waals surface area contributed by atoms with Crippen molar-refractivity contribution in [2.45, 2.75) is 12.8 Å². The van der Waals surface area contributed by atoms with E-state index in [1.807, 2.05) is 24.3 Å². The van der Waals surface area contributed by atoms with E-state index in [1.165, 1.54) is 12.8 Å². The van der Waals surface area contributed by atoms with Crippen LogP contribution in [0.25, 0.3) is 10.8 Å². The Kier molecular flexibility index (Phi) is 2.52. The number of nitrogens with zero attached hydrogens (tertiary/aromatic N) is 2. The molecule has 3 aliphatic rings. The molecule has 3 aliphatic heterocycles. The number of rotatable bonds is 2. The molecule has 0 unspecified atom stereocenters. The summed E-state index contributed by atoms with van der Waals surface area (Å²) in [5.41, 5.74) is 3.53. The molecule has 2 aromatic rings. The van der Waals surface area contributed by atoms with Crippen LogP contribution in [0.2, 0.25) is 0 Å². The van der Waals surface area contributed by atoms with Gasteiger partial charge in [0.1, 0.15) is 0 Å². The molecule has 0 spiro atoms. The first-order valence-corrected chi connectivity index (χ1v) is 8.19. The number of benzene rings is 2. The van der Waals surface area contributed by atoms with Crippen LogP contribution in [-0.4, -0.2) is 38.0 Å². The summed E-state index contributed by atoms with van der Waals surface area (Å²) in [5, 5.41) is 4.34. The molecular weight excluding hydrogens is 290 g/mol. The van der Waals surface area contributed by atoms with E-state index in [9.17, 15) is 9.59 Å². The van der Waals surface area contributed by atoms with Gasteiger partial charge in [0.05, 0.1) is 0 Å². The number of amides is 2. The lowest BCUT2D eigenvalue weighted by atomic mass is 9.91. The molecule has 2 aromatic carbocycles. The van der Waals surface area contributed by atoms with E-state index >= 15 is 0 Å². The average molecular weight is 307 g/mol. The van der Waals surface area contributed by atoms with Gasteiger partial charge in [-0.2, -0.15) is 0 Å². The van der Waals surface area contributed by atoms with Crippen molar-refractivity contribution in [3.05, 3.63) is 35.4 Å². The summed E-state index contributed by atoms with van der Waals surface area (Å²) in [7, 11) is 0. The Morgan fingerprint density at radius 3 is 1.57 bits per heavy atom. The predicted octanol–water partition coefficient (Wildman–Crippen LogP) is 2.14. The van der Waals surface area contributed by atoms with Gasteiger partial charge in [-0.1, -0.05) is 0 Å². The first-order valence-electron chi connectivity index (χ1n) is 8.19. The van der Waals surface area contributed by atoms with Crippen LogP contribution in [0.5, 0.6) is 0 Å². The van der Waals surface area contributed by atoms with Gasteiger partial charge in [-0.3, -0.25) is 14.9 Å². The Morgan fingerprint density at radius 2 is 1.17 bits per heavy atom. The summed E-state index contributed by atoms with van der Waals surface area (Å²) >= 11 is 0. The highest BCUT2D eigenvalue weighted by atomic mass is 16.2. The van der Waals surface area contributed by atoms with Gasteiger partial charge in [-0.15, -0.1) is 0 Å². The van der Waals surface area contributed by atoms with Gasteiger partial charge in [0, 0.05) is 59.5 Å². The van der Waals surface area contributed by atoms with E-state index in [1.54, 1.807) is 0 Å². The third-order valence-electron chi connectivity index (χ3n) is 5.23. The fraction of sp³-hybridized carbons (Fsp3) is 0.333. The number of nitrogens with one attached hydrogen (secondary N) is 1.